The molecule has 0 saturated heterocycles. The standard InChI is InChI=1S/CH4O3S.Ba.2H/c1-5(2,3)4;;;/h1H3,(H,2,3,4);;;/q;+2;2*-1. The van der Waals surface area contributed by atoms with Crippen LogP contribution >= 0.6 is 0 Å². The Morgan fingerprint density at radius 3 is 1.67 bits per heavy atom. The summed E-state index contributed by atoms with van der Waals surface area (Å²) in [4.78, 5) is 0. The largest absolute Gasteiger partial charge is 2.00 e. The summed E-state index contributed by atoms with van der Waals surface area (Å²) >= 11 is 0. The molecule has 0 unspecified atom stereocenters. The fourth-order valence-corrected chi connectivity index (χ4v) is 0. The smallest absolute Gasteiger partial charge is 1.00 e. The first-order chi connectivity index (χ1) is 2.00. The Balaban J connectivity index is -0.0000000267. The molecular weight excluding hydrogens is 229 g/mol. The van der Waals surface area contributed by atoms with Gasteiger partial charge in [0.05, 0.1) is 6.26 Å². The van der Waals surface area contributed by atoms with Crippen molar-refractivity contribution in [2.45, 2.75) is 0 Å². The summed E-state index contributed by atoms with van der Waals surface area (Å²) in [5, 5.41) is 0. The van der Waals surface area contributed by atoms with E-state index in [1.54, 1.807) is 0 Å². The Morgan fingerprint density at radius 1 is 1.67 bits per heavy atom. The minimum Gasteiger partial charge on any atom is -1.00 e. The molecule has 0 radical (unpaired) electrons. The van der Waals surface area contributed by atoms with E-state index in [1.165, 1.54) is 0 Å². The minimum atomic E-state index is -3.67. The number of hydrogen-bond acceptors (Lipinski definition) is 2. The molecular formula is CH6BaO3S. The van der Waals surface area contributed by atoms with Crippen molar-refractivity contribution in [1.82, 2.24) is 0 Å². The molecule has 0 bridgehead atoms. The minimum absolute atomic E-state index is 0. The van der Waals surface area contributed by atoms with Crippen LogP contribution in [0.3, 0.4) is 0 Å². The molecule has 0 amide bonds. The third-order valence-electron chi connectivity index (χ3n) is 0. The summed E-state index contributed by atoms with van der Waals surface area (Å²) in [5.74, 6) is 0. The zero-order valence-electron chi connectivity index (χ0n) is 5.38. The van der Waals surface area contributed by atoms with Crippen molar-refractivity contribution in [1.29, 1.82) is 0 Å². The van der Waals surface area contributed by atoms with Gasteiger partial charge in [0.25, 0.3) is 10.1 Å². The van der Waals surface area contributed by atoms with E-state index in [0.29, 0.717) is 6.26 Å². The van der Waals surface area contributed by atoms with Gasteiger partial charge in [-0.2, -0.15) is 8.42 Å². The van der Waals surface area contributed by atoms with Crippen molar-refractivity contribution in [2.24, 2.45) is 0 Å². The van der Waals surface area contributed by atoms with Crippen molar-refractivity contribution in [2.75, 3.05) is 6.26 Å². The predicted molar refractivity (Wildman–Crippen MR) is 25.5 cm³/mol. The summed E-state index contributed by atoms with van der Waals surface area (Å²) in [5.41, 5.74) is 0. The number of rotatable bonds is 0. The van der Waals surface area contributed by atoms with Gasteiger partial charge in [0, 0.05) is 0 Å². The van der Waals surface area contributed by atoms with E-state index in [-0.39, 0.29) is 51.7 Å². The molecule has 0 aromatic heterocycles. The monoisotopic (exact) mass is 236 g/mol. The molecule has 0 aliphatic heterocycles. The molecule has 0 aromatic rings. The molecule has 0 rings (SSSR count). The molecule has 0 aliphatic carbocycles. The van der Waals surface area contributed by atoms with Crippen LogP contribution < -0.4 is 0 Å². The quantitative estimate of drug-likeness (QED) is 0.448. The van der Waals surface area contributed by atoms with E-state index < -0.39 is 10.1 Å². The van der Waals surface area contributed by atoms with Crippen molar-refractivity contribution in [3.63, 3.8) is 0 Å². The molecule has 36 valence electrons. The molecule has 0 heterocycles. The third kappa shape index (κ3) is 50.2. The molecule has 5 heteroatoms. The summed E-state index contributed by atoms with van der Waals surface area (Å²) in [6, 6.07) is 0. The average molecular weight is 235 g/mol. The van der Waals surface area contributed by atoms with Crippen molar-refractivity contribution < 1.29 is 15.8 Å². The zero-order valence-corrected chi connectivity index (χ0v) is 8.64. The zero-order chi connectivity index (χ0) is 4.50. The molecule has 1 N–H and O–H groups in total. The first-order valence-electron chi connectivity index (χ1n) is 0.924. The summed E-state index contributed by atoms with van der Waals surface area (Å²) < 4.78 is 25.9. The Kier molecular flexibility index (Phi) is 6.07. The topological polar surface area (TPSA) is 54.4 Å². The summed E-state index contributed by atoms with van der Waals surface area (Å²) in [6.07, 6.45) is 0.715. The van der Waals surface area contributed by atoms with Gasteiger partial charge in [0.2, 0.25) is 0 Å². The molecule has 6 heavy (non-hydrogen) atoms. The van der Waals surface area contributed by atoms with Gasteiger partial charge in [-0.3, -0.25) is 4.55 Å². The van der Waals surface area contributed by atoms with Gasteiger partial charge in [-0.25, -0.2) is 0 Å². The van der Waals surface area contributed by atoms with E-state index in [9.17, 15) is 8.42 Å². The van der Waals surface area contributed by atoms with E-state index >= 15 is 0 Å². The van der Waals surface area contributed by atoms with Crippen LogP contribution in [0.5, 0.6) is 0 Å². The Labute approximate surface area is 79.9 Å². The second kappa shape index (κ2) is 3.48. The van der Waals surface area contributed by atoms with Crippen LogP contribution in [0.1, 0.15) is 2.85 Å². The normalized spacial score (nSPS) is 9.67. The molecule has 0 aromatic carbocycles. The van der Waals surface area contributed by atoms with Crippen LogP contribution in [0.15, 0.2) is 0 Å². The van der Waals surface area contributed by atoms with Gasteiger partial charge < -0.3 is 2.85 Å². The first kappa shape index (κ1) is 10.5. The van der Waals surface area contributed by atoms with Crippen LogP contribution in [0.2, 0.25) is 0 Å². The van der Waals surface area contributed by atoms with Crippen molar-refractivity contribution >= 4 is 59.0 Å². The molecule has 0 saturated carbocycles. The van der Waals surface area contributed by atoms with Crippen molar-refractivity contribution in [3.05, 3.63) is 0 Å². The molecule has 0 aliphatic rings. The van der Waals surface area contributed by atoms with E-state index in [4.69, 9.17) is 4.55 Å². The van der Waals surface area contributed by atoms with E-state index in [1.807, 2.05) is 0 Å². The van der Waals surface area contributed by atoms with Gasteiger partial charge in [0.15, 0.2) is 0 Å². The number of hydrogen-bond donors (Lipinski definition) is 1. The molecule has 3 nitrogen and oxygen atoms in total. The molecule has 0 fully saturated rings. The van der Waals surface area contributed by atoms with Crippen LogP contribution in [0, 0.1) is 0 Å². The van der Waals surface area contributed by atoms with Crippen LogP contribution in [-0.4, -0.2) is 68.1 Å². The van der Waals surface area contributed by atoms with E-state index in [0.717, 1.165) is 0 Å². The van der Waals surface area contributed by atoms with Gasteiger partial charge in [-0.15, -0.1) is 0 Å². The first-order valence-corrected chi connectivity index (χ1v) is 2.77. The van der Waals surface area contributed by atoms with Crippen molar-refractivity contribution in [3.8, 4) is 0 Å². The second-order valence-electron chi connectivity index (χ2n) is 0.733. The Bertz CT molecular complexity index is 100. The second-order valence-corrected chi connectivity index (χ2v) is 2.20. The van der Waals surface area contributed by atoms with E-state index in [2.05, 4.69) is 0 Å². The fourth-order valence-electron chi connectivity index (χ4n) is 0. The van der Waals surface area contributed by atoms with Crippen LogP contribution in [0.25, 0.3) is 0 Å². The SMILES string of the molecule is CS(=O)(=O)O.[Ba+2].[H-].[H-]. The maximum Gasteiger partial charge on any atom is 2.00 e. The fraction of sp³-hybridized carbons (Fsp3) is 1.00. The molecule has 0 spiro atoms. The predicted octanol–water partition coefficient (Wildman–Crippen LogP) is -0.652. The molecule has 0 atom stereocenters. The van der Waals surface area contributed by atoms with Gasteiger partial charge in [-0.05, 0) is 0 Å². The maximum atomic E-state index is 9.19. The van der Waals surface area contributed by atoms with Gasteiger partial charge in [-0.1, -0.05) is 0 Å². The van der Waals surface area contributed by atoms with Crippen LogP contribution in [-0.2, 0) is 10.1 Å². The average Bonchev–Trinajstić information content (AvgIpc) is 0.722. The summed E-state index contributed by atoms with van der Waals surface area (Å²) in [6.45, 7) is 0. The van der Waals surface area contributed by atoms with Gasteiger partial charge >= 0.3 is 48.9 Å². The maximum absolute atomic E-state index is 9.19. The summed E-state index contributed by atoms with van der Waals surface area (Å²) in [7, 11) is -3.67. The van der Waals surface area contributed by atoms with Crippen LogP contribution in [0.4, 0.5) is 0 Å². The van der Waals surface area contributed by atoms with Gasteiger partial charge in [0.1, 0.15) is 0 Å². The third-order valence-corrected chi connectivity index (χ3v) is 0. The Morgan fingerprint density at radius 2 is 1.67 bits per heavy atom. The Hall–Kier alpha value is 1.48.